The molecule has 110 valence electrons. The lowest BCUT2D eigenvalue weighted by atomic mass is 10.1. The number of rotatable bonds is 5. The first-order chi connectivity index (χ1) is 10.0. The first-order valence-electron chi connectivity index (χ1n) is 6.59. The average Bonchev–Trinajstić information content (AvgIpc) is 2.48. The summed E-state index contributed by atoms with van der Waals surface area (Å²) in [6, 6.07) is 14.6. The van der Waals surface area contributed by atoms with Crippen molar-refractivity contribution in [1.29, 1.82) is 0 Å². The number of carbonyl (C=O) groups excluding carboxylic acids is 1. The summed E-state index contributed by atoms with van der Waals surface area (Å²) in [5.74, 6) is -0.0989. The van der Waals surface area contributed by atoms with Crippen molar-refractivity contribution < 1.29 is 4.79 Å². The Bertz CT molecular complexity index is 597. The Balaban J connectivity index is 1.83. The molecule has 2 rings (SSSR count). The highest BCUT2D eigenvalue weighted by Gasteiger charge is 2.08. The molecule has 0 bridgehead atoms. The number of nitrogens with one attached hydrogen (secondary N) is 2. The molecule has 1 amide bonds. The van der Waals surface area contributed by atoms with Crippen LogP contribution in [-0.2, 0) is 4.79 Å². The molecule has 0 aliphatic carbocycles. The van der Waals surface area contributed by atoms with Gasteiger partial charge in [-0.25, -0.2) is 0 Å². The monoisotopic (exact) mass is 322 g/mol. The highest BCUT2D eigenvalue weighted by molar-refractivity contribution is 6.30. The van der Waals surface area contributed by atoms with Crippen molar-refractivity contribution in [2.24, 2.45) is 0 Å². The van der Waals surface area contributed by atoms with Gasteiger partial charge in [0.1, 0.15) is 0 Å². The molecular weight excluding hydrogens is 307 g/mol. The SMILES string of the molecule is CC(NCC(=O)Nc1ccc(Cl)cc1)c1ccc(Cl)cc1. The summed E-state index contributed by atoms with van der Waals surface area (Å²) < 4.78 is 0. The van der Waals surface area contributed by atoms with Crippen LogP contribution in [0.4, 0.5) is 5.69 Å². The van der Waals surface area contributed by atoms with Gasteiger partial charge in [0.2, 0.25) is 5.91 Å². The molecule has 0 aliphatic heterocycles. The molecule has 0 aromatic heterocycles. The van der Waals surface area contributed by atoms with E-state index in [1.54, 1.807) is 24.3 Å². The largest absolute Gasteiger partial charge is 0.325 e. The Morgan fingerprint density at radius 1 is 1.00 bits per heavy atom. The molecule has 0 saturated heterocycles. The fourth-order valence-corrected chi connectivity index (χ4v) is 2.11. The van der Waals surface area contributed by atoms with Crippen LogP contribution in [0.25, 0.3) is 0 Å². The summed E-state index contributed by atoms with van der Waals surface area (Å²) in [4.78, 5) is 11.9. The van der Waals surface area contributed by atoms with Crippen molar-refractivity contribution in [1.82, 2.24) is 5.32 Å². The average molecular weight is 323 g/mol. The lowest BCUT2D eigenvalue weighted by Crippen LogP contribution is -2.30. The Labute approximate surface area is 134 Å². The molecule has 0 spiro atoms. The van der Waals surface area contributed by atoms with Crippen LogP contribution in [0.3, 0.4) is 0 Å². The van der Waals surface area contributed by atoms with Crippen molar-refractivity contribution in [2.45, 2.75) is 13.0 Å². The molecule has 5 heteroatoms. The van der Waals surface area contributed by atoms with Gasteiger partial charge in [0.05, 0.1) is 6.54 Å². The number of amides is 1. The van der Waals surface area contributed by atoms with Gasteiger partial charge in [0.25, 0.3) is 0 Å². The van der Waals surface area contributed by atoms with Crippen LogP contribution >= 0.6 is 23.2 Å². The second-order valence-electron chi connectivity index (χ2n) is 4.71. The maximum Gasteiger partial charge on any atom is 0.238 e. The zero-order valence-corrected chi connectivity index (χ0v) is 13.1. The molecule has 2 aromatic carbocycles. The smallest absolute Gasteiger partial charge is 0.238 e. The maximum absolute atomic E-state index is 11.9. The maximum atomic E-state index is 11.9. The minimum Gasteiger partial charge on any atom is -0.325 e. The number of hydrogen-bond acceptors (Lipinski definition) is 2. The van der Waals surface area contributed by atoms with Crippen molar-refractivity contribution in [2.75, 3.05) is 11.9 Å². The first kappa shape index (κ1) is 15.8. The molecule has 1 atom stereocenters. The molecule has 0 radical (unpaired) electrons. The van der Waals surface area contributed by atoms with Crippen LogP contribution in [0.15, 0.2) is 48.5 Å². The second kappa shape index (κ2) is 7.46. The van der Waals surface area contributed by atoms with Gasteiger partial charge in [0, 0.05) is 21.8 Å². The number of carbonyl (C=O) groups is 1. The van der Waals surface area contributed by atoms with E-state index in [0.717, 1.165) is 11.3 Å². The summed E-state index contributed by atoms with van der Waals surface area (Å²) in [7, 11) is 0. The first-order valence-corrected chi connectivity index (χ1v) is 7.34. The van der Waals surface area contributed by atoms with Crippen LogP contribution < -0.4 is 10.6 Å². The summed E-state index contributed by atoms with van der Waals surface area (Å²) in [6.45, 7) is 2.23. The summed E-state index contributed by atoms with van der Waals surface area (Å²) >= 11 is 11.6. The summed E-state index contributed by atoms with van der Waals surface area (Å²) in [5.41, 5.74) is 1.81. The fourth-order valence-electron chi connectivity index (χ4n) is 1.85. The predicted molar refractivity (Wildman–Crippen MR) is 88.0 cm³/mol. The fraction of sp³-hybridized carbons (Fsp3) is 0.188. The van der Waals surface area contributed by atoms with E-state index in [1.807, 2.05) is 31.2 Å². The normalized spacial score (nSPS) is 12.0. The topological polar surface area (TPSA) is 41.1 Å². The van der Waals surface area contributed by atoms with Gasteiger partial charge in [-0.2, -0.15) is 0 Å². The Morgan fingerprint density at radius 3 is 2.10 bits per heavy atom. The number of benzene rings is 2. The van der Waals surface area contributed by atoms with Gasteiger partial charge in [-0.3, -0.25) is 4.79 Å². The van der Waals surface area contributed by atoms with Crippen molar-refractivity contribution >= 4 is 34.8 Å². The molecule has 3 nitrogen and oxygen atoms in total. The van der Waals surface area contributed by atoms with E-state index in [2.05, 4.69) is 10.6 Å². The second-order valence-corrected chi connectivity index (χ2v) is 5.58. The van der Waals surface area contributed by atoms with Gasteiger partial charge < -0.3 is 10.6 Å². The van der Waals surface area contributed by atoms with Crippen LogP contribution in [0.5, 0.6) is 0 Å². The van der Waals surface area contributed by atoms with Gasteiger partial charge in [-0.15, -0.1) is 0 Å². The van der Waals surface area contributed by atoms with Crippen molar-refractivity contribution in [3.63, 3.8) is 0 Å². The quantitative estimate of drug-likeness (QED) is 0.862. The molecular formula is C16H16Cl2N2O. The Hall–Kier alpha value is -1.55. The number of hydrogen-bond donors (Lipinski definition) is 2. The third-order valence-electron chi connectivity index (χ3n) is 3.07. The molecule has 2 aromatic rings. The van der Waals surface area contributed by atoms with Gasteiger partial charge in [-0.05, 0) is 48.9 Å². The van der Waals surface area contributed by atoms with Crippen molar-refractivity contribution in [3.8, 4) is 0 Å². The van der Waals surface area contributed by atoms with E-state index in [0.29, 0.717) is 10.0 Å². The van der Waals surface area contributed by atoms with E-state index in [1.165, 1.54) is 0 Å². The minimum absolute atomic E-state index is 0.0678. The zero-order valence-electron chi connectivity index (χ0n) is 11.6. The van der Waals surface area contributed by atoms with Gasteiger partial charge in [-0.1, -0.05) is 35.3 Å². The number of anilines is 1. The zero-order chi connectivity index (χ0) is 15.2. The Morgan fingerprint density at radius 2 is 1.52 bits per heavy atom. The van der Waals surface area contributed by atoms with Crippen LogP contribution in [0.1, 0.15) is 18.5 Å². The summed E-state index contributed by atoms with van der Waals surface area (Å²) in [5, 5.41) is 7.31. The van der Waals surface area contributed by atoms with E-state index >= 15 is 0 Å². The van der Waals surface area contributed by atoms with Gasteiger partial charge >= 0.3 is 0 Å². The lowest BCUT2D eigenvalue weighted by molar-refractivity contribution is -0.115. The molecule has 2 N–H and O–H groups in total. The highest BCUT2D eigenvalue weighted by atomic mass is 35.5. The van der Waals surface area contributed by atoms with E-state index in [-0.39, 0.29) is 18.5 Å². The van der Waals surface area contributed by atoms with Crippen LogP contribution in [0, 0.1) is 0 Å². The van der Waals surface area contributed by atoms with E-state index in [9.17, 15) is 4.79 Å². The predicted octanol–water partition coefficient (Wildman–Crippen LogP) is 4.28. The summed E-state index contributed by atoms with van der Waals surface area (Å²) in [6.07, 6.45) is 0. The molecule has 0 aliphatic rings. The highest BCUT2D eigenvalue weighted by Crippen LogP contribution is 2.16. The molecule has 1 unspecified atom stereocenters. The Kier molecular flexibility index (Phi) is 5.62. The molecule has 0 heterocycles. The van der Waals surface area contributed by atoms with Crippen molar-refractivity contribution in [3.05, 3.63) is 64.1 Å². The van der Waals surface area contributed by atoms with E-state index < -0.39 is 0 Å². The third-order valence-corrected chi connectivity index (χ3v) is 3.57. The third kappa shape index (κ3) is 5.05. The number of halogens is 2. The van der Waals surface area contributed by atoms with Crippen LogP contribution in [0.2, 0.25) is 10.0 Å². The standard InChI is InChI=1S/C16H16Cl2N2O/c1-11(12-2-4-13(17)5-3-12)19-10-16(21)20-15-8-6-14(18)7-9-15/h2-9,11,19H,10H2,1H3,(H,20,21). The molecule has 21 heavy (non-hydrogen) atoms. The molecule has 0 fully saturated rings. The molecule has 0 saturated carbocycles. The minimum atomic E-state index is -0.0989. The van der Waals surface area contributed by atoms with Crippen LogP contribution in [-0.4, -0.2) is 12.5 Å². The lowest BCUT2D eigenvalue weighted by Gasteiger charge is -2.14. The van der Waals surface area contributed by atoms with E-state index in [4.69, 9.17) is 23.2 Å². The van der Waals surface area contributed by atoms with Gasteiger partial charge in [0.15, 0.2) is 0 Å².